The highest BCUT2D eigenvalue weighted by atomic mass is 19.1. The van der Waals surface area contributed by atoms with E-state index in [4.69, 9.17) is 4.74 Å². The Morgan fingerprint density at radius 2 is 2.14 bits per heavy atom. The van der Waals surface area contributed by atoms with E-state index in [0.29, 0.717) is 0 Å². The second-order valence-electron chi connectivity index (χ2n) is 5.42. The summed E-state index contributed by atoms with van der Waals surface area (Å²) < 4.78 is 19.0. The van der Waals surface area contributed by atoms with Gasteiger partial charge in [0.15, 0.2) is 0 Å². The van der Waals surface area contributed by atoms with E-state index in [1.807, 2.05) is 18.3 Å². The summed E-state index contributed by atoms with van der Waals surface area (Å²) in [5.74, 6) is -0.185. The predicted molar refractivity (Wildman–Crippen MR) is 79.4 cm³/mol. The van der Waals surface area contributed by atoms with Gasteiger partial charge in [0, 0.05) is 32.0 Å². The molecule has 3 nitrogen and oxygen atoms in total. The SMILES string of the molecule is Fc1cccc(C[C@@H]2CN(Cc3cccnc3)CCO2)c1. The van der Waals surface area contributed by atoms with Crippen molar-refractivity contribution in [3.05, 3.63) is 65.7 Å². The summed E-state index contributed by atoms with van der Waals surface area (Å²) in [6, 6.07) is 10.8. The number of ether oxygens (including phenoxy) is 1. The molecule has 2 heterocycles. The lowest BCUT2D eigenvalue weighted by Crippen LogP contribution is -2.42. The standard InChI is InChI=1S/C17H19FN2O/c18-16-5-1-3-14(9-16)10-17-13-20(7-8-21-17)12-15-4-2-6-19-11-15/h1-6,9,11,17H,7-8,10,12-13H2/t17-/m1/s1. The van der Waals surface area contributed by atoms with Gasteiger partial charge in [-0.25, -0.2) is 4.39 Å². The molecule has 0 bridgehead atoms. The average Bonchev–Trinajstić information content (AvgIpc) is 2.49. The topological polar surface area (TPSA) is 25.4 Å². The highest BCUT2D eigenvalue weighted by Gasteiger charge is 2.20. The fraction of sp³-hybridized carbons (Fsp3) is 0.353. The van der Waals surface area contributed by atoms with Crippen molar-refractivity contribution in [3.63, 3.8) is 0 Å². The average molecular weight is 286 g/mol. The lowest BCUT2D eigenvalue weighted by atomic mass is 10.1. The van der Waals surface area contributed by atoms with Gasteiger partial charge in [-0.15, -0.1) is 0 Å². The molecule has 0 amide bonds. The molecule has 1 saturated heterocycles. The first-order valence-corrected chi connectivity index (χ1v) is 7.27. The van der Waals surface area contributed by atoms with Crippen LogP contribution >= 0.6 is 0 Å². The Balaban J connectivity index is 1.58. The molecule has 1 aromatic heterocycles. The van der Waals surface area contributed by atoms with Gasteiger partial charge >= 0.3 is 0 Å². The zero-order chi connectivity index (χ0) is 14.5. The smallest absolute Gasteiger partial charge is 0.123 e. The van der Waals surface area contributed by atoms with Crippen LogP contribution in [-0.2, 0) is 17.7 Å². The quantitative estimate of drug-likeness (QED) is 0.864. The molecule has 21 heavy (non-hydrogen) atoms. The van der Waals surface area contributed by atoms with Gasteiger partial charge in [-0.1, -0.05) is 18.2 Å². The zero-order valence-corrected chi connectivity index (χ0v) is 11.9. The van der Waals surface area contributed by atoms with E-state index in [-0.39, 0.29) is 11.9 Å². The monoisotopic (exact) mass is 286 g/mol. The Morgan fingerprint density at radius 3 is 2.95 bits per heavy atom. The number of hydrogen-bond donors (Lipinski definition) is 0. The Hall–Kier alpha value is -1.78. The predicted octanol–water partition coefficient (Wildman–Crippen LogP) is 2.66. The van der Waals surface area contributed by atoms with Crippen LogP contribution in [0.4, 0.5) is 4.39 Å². The van der Waals surface area contributed by atoms with Gasteiger partial charge in [-0.2, -0.15) is 0 Å². The summed E-state index contributed by atoms with van der Waals surface area (Å²) in [4.78, 5) is 6.51. The third kappa shape index (κ3) is 4.09. The van der Waals surface area contributed by atoms with Crippen molar-refractivity contribution in [1.29, 1.82) is 0 Å². The summed E-state index contributed by atoms with van der Waals surface area (Å²) in [6.07, 6.45) is 4.56. The van der Waals surface area contributed by atoms with Gasteiger partial charge in [0.1, 0.15) is 5.82 Å². The Morgan fingerprint density at radius 1 is 1.24 bits per heavy atom. The third-order valence-electron chi connectivity index (χ3n) is 3.70. The lowest BCUT2D eigenvalue weighted by molar-refractivity contribution is -0.0305. The maximum Gasteiger partial charge on any atom is 0.123 e. The van der Waals surface area contributed by atoms with Crippen LogP contribution in [0.3, 0.4) is 0 Å². The van der Waals surface area contributed by atoms with E-state index < -0.39 is 0 Å². The summed E-state index contributed by atoms with van der Waals surface area (Å²) >= 11 is 0. The maximum absolute atomic E-state index is 13.2. The van der Waals surface area contributed by atoms with Gasteiger partial charge in [-0.05, 0) is 35.7 Å². The molecule has 3 rings (SSSR count). The van der Waals surface area contributed by atoms with Crippen LogP contribution in [0.15, 0.2) is 48.8 Å². The number of pyridine rings is 1. The molecule has 2 aromatic rings. The van der Waals surface area contributed by atoms with Crippen molar-refractivity contribution in [1.82, 2.24) is 9.88 Å². The normalized spacial score (nSPS) is 19.6. The Labute approximate surface area is 124 Å². The summed E-state index contributed by atoms with van der Waals surface area (Å²) in [6.45, 7) is 3.40. The highest BCUT2D eigenvalue weighted by Crippen LogP contribution is 2.14. The van der Waals surface area contributed by atoms with Crippen LogP contribution in [0.5, 0.6) is 0 Å². The molecule has 1 atom stereocenters. The van der Waals surface area contributed by atoms with E-state index in [9.17, 15) is 4.39 Å². The van der Waals surface area contributed by atoms with Gasteiger partial charge in [0.25, 0.3) is 0 Å². The number of rotatable bonds is 4. The maximum atomic E-state index is 13.2. The first-order valence-electron chi connectivity index (χ1n) is 7.27. The van der Waals surface area contributed by atoms with Crippen LogP contribution in [0.1, 0.15) is 11.1 Å². The van der Waals surface area contributed by atoms with Gasteiger partial charge in [0.2, 0.25) is 0 Å². The molecule has 1 aliphatic heterocycles. The van der Waals surface area contributed by atoms with Crippen molar-refractivity contribution in [2.45, 2.75) is 19.1 Å². The fourth-order valence-electron chi connectivity index (χ4n) is 2.72. The van der Waals surface area contributed by atoms with Crippen LogP contribution in [0.25, 0.3) is 0 Å². The minimum absolute atomic E-state index is 0.122. The van der Waals surface area contributed by atoms with Crippen LogP contribution in [0, 0.1) is 5.82 Å². The lowest BCUT2D eigenvalue weighted by Gasteiger charge is -2.33. The molecular weight excluding hydrogens is 267 g/mol. The minimum atomic E-state index is -0.185. The second kappa shape index (κ2) is 6.78. The second-order valence-corrected chi connectivity index (χ2v) is 5.42. The van der Waals surface area contributed by atoms with E-state index in [0.717, 1.165) is 38.2 Å². The van der Waals surface area contributed by atoms with Crippen molar-refractivity contribution in [2.75, 3.05) is 19.7 Å². The number of aromatic nitrogens is 1. The summed E-state index contributed by atoms with van der Waals surface area (Å²) in [5, 5.41) is 0. The number of halogens is 1. The summed E-state index contributed by atoms with van der Waals surface area (Å²) in [7, 11) is 0. The number of hydrogen-bond acceptors (Lipinski definition) is 3. The molecule has 1 aliphatic rings. The first kappa shape index (κ1) is 14.2. The van der Waals surface area contributed by atoms with Crippen molar-refractivity contribution in [2.24, 2.45) is 0 Å². The first-order chi connectivity index (χ1) is 10.3. The molecule has 0 radical (unpaired) electrons. The number of morpholine rings is 1. The molecule has 0 spiro atoms. The molecule has 0 aliphatic carbocycles. The minimum Gasteiger partial charge on any atom is -0.375 e. The van der Waals surface area contributed by atoms with Gasteiger partial charge < -0.3 is 4.74 Å². The van der Waals surface area contributed by atoms with Crippen molar-refractivity contribution in [3.8, 4) is 0 Å². The molecule has 0 N–H and O–H groups in total. The van der Waals surface area contributed by atoms with E-state index in [1.54, 1.807) is 18.3 Å². The van der Waals surface area contributed by atoms with Crippen molar-refractivity contribution < 1.29 is 9.13 Å². The molecular formula is C17H19FN2O. The molecule has 0 unspecified atom stereocenters. The van der Waals surface area contributed by atoms with Crippen LogP contribution in [0.2, 0.25) is 0 Å². The Bertz CT molecular complexity index is 576. The Kier molecular flexibility index (Phi) is 4.58. The van der Waals surface area contributed by atoms with E-state index >= 15 is 0 Å². The number of nitrogens with zero attached hydrogens (tertiary/aromatic N) is 2. The number of benzene rings is 1. The molecule has 0 saturated carbocycles. The largest absolute Gasteiger partial charge is 0.375 e. The molecule has 1 aromatic carbocycles. The molecule has 110 valence electrons. The highest BCUT2D eigenvalue weighted by molar-refractivity contribution is 5.17. The van der Waals surface area contributed by atoms with Crippen LogP contribution < -0.4 is 0 Å². The van der Waals surface area contributed by atoms with E-state index in [2.05, 4.69) is 16.0 Å². The summed E-state index contributed by atoms with van der Waals surface area (Å²) in [5.41, 5.74) is 2.20. The van der Waals surface area contributed by atoms with Crippen LogP contribution in [-0.4, -0.2) is 35.7 Å². The zero-order valence-electron chi connectivity index (χ0n) is 11.9. The third-order valence-corrected chi connectivity index (χ3v) is 3.70. The molecule has 4 heteroatoms. The fourth-order valence-corrected chi connectivity index (χ4v) is 2.72. The van der Waals surface area contributed by atoms with Gasteiger partial charge in [0.05, 0.1) is 12.7 Å². The van der Waals surface area contributed by atoms with Crippen molar-refractivity contribution >= 4 is 0 Å². The van der Waals surface area contributed by atoms with Gasteiger partial charge in [-0.3, -0.25) is 9.88 Å². The van der Waals surface area contributed by atoms with E-state index in [1.165, 1.54) is 11.6 Å². The molecule has 1 fully saturated rings.